The van der Waals surface area contributed by atoms with Crippen molar-refractivity contribution in [1.29, 1.82) is 0 Å². The molecule has 2 unspecified atom stereocenters. The van der Waals surface area contributed by atoms with Gasteiger partial charge < -0.3 is 4.74 Å². The lowest BCUT2D eigenvalue weighted by molar-refractivity contribution is -0.274. The zero-order chi connectivity index (χ0) is 14.9. The summed E-state index contributed by atoms with van der Waals surface area (Å²) in [6.07, 6.45) is -3.59. The van der Waals surface area contributed by atoms with Gasteiger partial charge in [0.25, 0.3) is 0 Å². The number of halogens is 4. The van der Waals surface area contributed by atoms with E-state index in [2.05, 4.69) is 16.6 Å². The first-order valence-electron chi connectivity index (χ1n) is 6.55. The summed E-state index contributed by atoms with van der Waals surface area (Å²) in [5, 5.41) is 0.251. The normalized spacial score (nSPS) is 22.0. The standard InChI is InChI=1S/C14H17ClF3NO/c1-9-3-4-19(8-9)10(2)11-5-12(15)7-13(6-11)20-14(16,17)18/h5-7,9-10H,3-4,8H2,1-2H3. The quantitative estimate of drug-likeness (QED) is 0.806. The van der Waals surface area contributed by atoms with Crippen LogP contribution in [0.1, 0.15) is 31.9 Å². The molecular formula is C14H17ClF3NO. The van der Waals surface area contributed by atoms with Gasteiger partial charge in [-0.1, -0.05) is 18.5 Å². The fourth-order valence-corrected chi connectivity index (χ4v) is 2.78. The van der Waals surface area contributed by atoms with E-state index in [1.165, 1.54) is 12.1 Å². The van der Waals surface area contributed by atoms with E-state index < -0.39 is 6.36 Å². The van der Waals surface area contributed by atoms with Crippen LogP contribution in [0.2, 0.25) is 5.02 Å². The Morgan fingerprint density at radius 1 is 1.35 bits per heavy atom. The van der Waals surface area contributed by atoms with Crippen molar-refractivity contribution in [3.63, 3.8) is 0 Å². The van der Waals surface area contributed by atoms with Crippen LogP contribution in [0.5, 0.6) is 5.75 Å². The Kier molecular flexibility index (Phi) is 4.49. The maximum absolute atomic E-state index is 12.3. The third-order valence-corrected chi connectivity index (χ3v) is 3.83. The molecule has 2 rings (SSSR count). The van der Waals surface area contributed by atoms with Gasteiger partial charge >= 0.3 is 6.36 Å². The van der Waals surface area contributed by atoms with E-state index in [0.29, 0.717) is 5.92 Å². The molecule has 2 atom stereocenters. The maximum Gasteiger partial charge on any atom is 0.573 e. The highest BCUT2D eigenvalue weighted by Gasteiger charge is 2.32. The van der Waals surface area contributed by atoms with Crippen LogP contribution < -0.4 is 4.74 Å². The average molecular weight is 308 g/mol. The number of hydrogen-bond donors (Lipinski definition) is 0. The van der Waals surface area contributed by atoms with E-state index in [0.717, 1.165) is 25.1 Å². The van der Waals surface area contributed by atoms with Crippen LogP contribution in [-0.2, 0) is 0 Å². The van der Waals surface area contributed by atoms with Crippen LogP contribution >= 0.6 is 11.6 Å². The van der Waals surface area contributed by atoms with Crippen molar-refractivity contribution in [3.05, 3.63) is 28.8 Å². The van der Waals surface area contributed by atoms with Gasteiger partial charge in [0.05, 0.1) is 0 Å². The molecule has 0 bridgehead atoms. The van der Waals surface area contributed by atoms with Crippen molar-refractivity contribution in [2.75, 3.05) is 13.1 Å². The molecule has 1 aromatic rings. The summed E-state index contributed by atoms with van der Waals surface area (Å²) in [5.41, 5.74) is 0.742. The zero-order valence-corrected chi connectivity index (χ0v) is 12.1. The maximum atomic E-state index is 12.3. The average Bonchev–Trinajstić information content (AvgIpc) is 2.71. The van der Waals surface area contributed by atoms with Crippen LogP contribution in [0, 0.1) is 5.92 Å². The molecule has 6 heteroatoms. The Labute approximate surface area is 121 Å². The first-order valence-corrected chi connectivity index (χ1v) is 6.92. The summed E-state index contributed by atoms with van der Waals surface area (Å²) in [6.45, 7) is 6.04. The second-order valence-corrected chi connectivity index (χ2v) is 5.77. The van der Waals surface area contributed by atoms with Crippen molar-refractivity contribution >= 4 is 11.6 Å². The molecule has 1 fully saturated rings. The van der Waals surface area contributed by atoms with Gasteiger partial charge in [-0.25, -0.2) is 0 Å². The third kappa shape index (κ3) is 4.03. The highest BCUT2D eigenvalue weighted by atomic mass is 35.5. The molecule has 1 saturated heterocycles. The molecule has 1 aliphatic heterocycles. The molecule has 0 spiro atoms. The number of likely N-dealkylation sites (tertiary alicyclic amines) is 1. The molecule has 1 heterocycles. The second-order valence-electron chi connectivity index (χ2n) is 5.33. The molecule has 20 heavy (non-hydrogen) atoms. The minimum atomic E-state index is -4.70. The molecule has 0 radical (unpaired) electrons. The summed E-state index contributed by atoms with van der Waals surface area (Å²) in [5.74, 6) is 0.349. The molecule has 0 amide bonds. The van der Waals surface area contributed by atoms with E-state index in [4.69, 9.17) is 11.6 Å². The molecule has 0 saturated carbocycles. The number of hydrogen-bond acceptors (Lipinski definition) is 2. The van der Waals surface area contributed by atoms with Gasteiger partial charge in [-0.3, -0.25) is 4.90 Å². The first-order chi connectivity index (χ1) is 9.24. The minimum Gasteiger partial charge on any atom is -0.406 e. The lowest BCUT2D eigenvalue weighted by Gasteiger charge is -2.25. The number of ether oxygens (including phenoxy) is 1. The fraction of sp³-hybridized carbons (Fsp3) is 0.571. The fourth-order valence-electron chi connectivity index (χ4n) is 2.55. The molecule has 2 nitrogen and oxygen atoms in total. The highest BCUT2D eigenvalue weighted by molar-refractivity contribution is 6.30. The molecule has 1 aromatic carbocycles. The van der Waals surface area contributed by atoms with E-state index in [1.807, 2.05) is 6.92 Å². The molecule has 1 aliphatic rings. The Bertz CT molecular complexity index is 478. The van der Waals surface area contributed by atoms with Crippen molar-refractivity contribution in [2.45, 2.75) is 32.7 Å². The van der Waals surface area contributed by atoms with Gasteiger partial charge in [0.1, 0.15) is 5.75 Å². The summed E-state index contributed by atoms with van der Waals surface area (Å²) >= 11 is 5.89. The third-order valence-electron chi connectivity index (χ3n) is 3.61. The molecule has 0 N–H and O–H groups in total. The zero-order valence-electron chi connectivity index (χ0n) is 11.4. The predicted molar refractivity (Wildman–Crippen MR) is 71.9 cm³/mol. The summed E-state index contributed by atoms with van der Waals surface area (Å²) < 4.78 is 40.8. The van der Waals surface area contributed by atoms with Crippen LogP contribution in [0.15, 0.2) is 18.2 Å². The van der Waals surface area contributed by atoms with Crippen LogP contribution in [0.3, 0.4) is 0 Å². The Hall–Kier alpha value is -0.940. The monoisotopic (exact) mass is 307 g/mol. The number of rotatable bonds is 3. The lowest BCUT2D eigenvalue weighted by atomic mass is 10.1. The van der Waals surface area contributed by atoms with E-state index >= 15 is 0 Å². The molecular weight excluding hydrogens is 291 g/mol. The summed E-state index contributed by atoms with van der Waals surface area (Å²) in [4.78, 5) is 2.24. The van der Waals surface area contributed by atoms with Crippen molar-refractivity contribution < 1.29 is 17.9 Å². The van der Waals surface area contributed by atoms with Gasteiger partial charge in [-0.05, 0) is 49.6 Å². The van der Waals surface area contributed by atoms with E-state index in [9.17, 15) is 13.2 Å². The van der Waals surface area contributed by atoms with Crippen LogP contribution in [0.25, 0.3) is 0 Å². The SMILES string of the molecule is CC1CCN(C(C)c2cc(Cl)cc(OC(F)(F)F)c2)C1. The molecule has 0 aromatic heterocycles. The predicted octanol–water partition coefficient (Wildman–Crippen LogP) is 4.64. The minimum absolute atomic E-state index is 0.0224. The Balaban J connectivity index is 2.19. The van der Waals surface area contributed by atoms with Gasteiger partial charge in [0.2, 0.25) is 0 Å². The number of alkyl halides is 3. The van der Waals surface area contributed by atoms with Crippen LogP contribution in [-0.4, -0.2) is 24.4 Å². The van der Waals surface area contributed by atoms with Gasteiger partial charge in [-0.2, -0.15) is 0 Å². The first kappa shape index (κ1) is 15.4. The number of nitrogens with zero attached hydrogens (tertiary/aromatic N) is 1. The Morgan fingerprint density at radius 2 is 2.05 bits per heavy atom. The van der Waals surface area contributed by atoms with Crippen molar-refractivity contribution in [3.8, 4) is 5.75 Å². The summed E-state index contributed by atoms with van der Waals surface area (Å²) in [7, 11) is 0. The number of benzene rings is 1. The Morgan fingerprint density at radius 3 is 2.60 bits per heavy atom. The topological polar surface area (TPSA) is 12.5 Å². The highest BCUT2D eigenvalue weighted by Crippen LogP contribution is 2.33. The lowest BCUT2D eigenvalue weighted by Crippen LogP contribution is -2.24. The van der Waals surface area contributed by atoms with Gasteiger partial charge in [0.15, 0.2) is 0 Å². The molecule has 0 aliphatic carbocycles. The van der Waals surface area contributed by atoms with Gasteiger partial charge in [0, 0.05) is 17.6 Å². The second kappa shape index (κ2) is 5.82. The largest absolute Gasteiger partial charge is 0.573 e. The van der Waals surface area contributed by atoms with Gasteiger partial charge in [-0.15, -0.1) is 13.2 Å². The van der Waals surface area contributed by atoms with Crippen molar-refractivity contribution in [2.24, 2.45) is 5.92 Å². The molecule has 112 valence electrons. The van der Waals surface area contributed by atoms with E-state index in [1.54, 1.807) is 6.07 Å². The smallest absolute Gasteiger partial charge is 0.406 e. The van der Waals surface area contributed by atoms with E-state index in [-0.39, 0.29) is 16.8 Å². The van der Waals surface area contributed by atoms with Crippen LogP contribution in [0.4, 0.5) is 13.2 Å². The van der Waals surface area contributed by atoms with Crippen molar-refractivity contribution in [1.82, 2.24) is 4.90 Å². The summed E-state index contributed by atoms with van der Waals surface area (Å²) in [6, 6.07) is 4.30.